The molecule has 28 heavy (non-hydrogen) atoms. The number of hydrogen-bond acceptors (Lipinski definition) is 4. The zero-order chi connectivity index (χ0) is 20.1. The number of nitrogens with zero attached hydrogens (tertiary/aromatic N) is 2. The van der Waals surface area contributed by atoms with E-state index in [0.717, 1.165) is 29.9 Å². The lowest BCUT2D eigenvalue weighted by atomic mass is 10.0. The Kier molecular flexibility index (Phi) is 6.58. The molecular weight excluding hydrogens is 397 g/mol. The van der Waals surface area contributed by atoms with Crippen LogP contribution in [0.4, 0.5) is 11.4 Å². The highest BCUT2D eigenvalue weighted by atomic mass is 35.5. The minimum absolute atomic E-state index is 0.00768. The molecule has 1 saturated heterocycles. The van der Waals surface area contributed by atoms with Crippen LogP contribution in [0.1, 0.15) is 11.1 Å². The Labute approximate surface area is 174 Å². The van der Waals surface area contributed by atoms with Crippen molar-refractivity contribution in [3.8, 4) is 6.07 Å². The Morgan fingerprint density at radius 2 is 1.93 bits per heavy atom. The smallest absolute Gasteiger partial charge is 0.266 e. The van der Waals surface area contributed by atoms with Crippen LogP contribution in [0.3, 0.4) is 0 Å². The number of nitrogens with one attached hydrogen (secondary N) is 1. The highest BCUT2D eigenvalue weighted by molar-refractivity contribution is 6.42. The summed E-state index contributed by atoms with van der Waals surface area (Å²) in [7, 11) is 0. The van der Waals surface area contributed by atoms with Crippen LogP contribution >= 0.6 is 23.2 Å². The van der Waals surface area contributed by atoms with Crippen LogP contribution in [0.25, 0.3) is 6.08 Å². The summed E-state index contributed by atoms with van der Waals surface area (Å²) in [5.74, 6) is -0.502. The largest absolute Gasteiger partial charge is 0.378 e. The van der Waals surface area contributed by atoms with Crippen molar-refractivity contribution in [3.05, 3.63) is 63.1 Å². The maximum Gasteiger partial charge on any atom is 0.266 e. The number of rotatable bonds is 4. The molecule has 2 aromatic carbocycles. The second-order valence-corrected chi connectivity index (χ2v) is 7.21. The van der Waals surface area contributed by atoms with Crippen molar-refractivity contribution in [2.45, 2.75) is 6.92 Å². The topological polar surface area (TPSA) is 65.4 Å². The maximum absolute atomic E-state index is 12.5. The van der Waals surface area contributed by atoms with Gasteiger partial charge in [-0.25, -0.2) is 0 Å². The zero-order valence-electron chi connectivity index (χ0n) is 15.3. The predicted octanol–water partition coefficient (Wildman–Crippen LogP) is 4.68. The Hall–Kier alpha value is -2.52. The number of morpholine rings is 1. The van der Waals surface area contributed by atoms with E-state index in [1.165, 1.54) is 0 Å². The van der Waals surface area contributed by atoms with E-state index in [0.29, 0.717) is 28.9 Å². The number of halogens is 2. The quantitative estimate of drug-likeness (QED) is 0.581. The molecule has 0 bridgehead atoms. The number of benzene rings is 2. The fourth-order valence-electron chi connectivity index (χ4n) is 2.92. The van der Waals surface area contributed by atoms with Gasteiger partial charge in [-0.2, -0.15) is 5.26 Å². The number of aryl methyl sites for hydroxylation is 1. The number of carbonyl (C=O) groups is 1. The molecule has 1 N–H and O–H groups in total. The number of ether oxygens (including phenoxy) is 1. The van der Waals surface area contributed by atoms with Crippen LogP contribution in [0.2, 0.25) is 10.0 Å². The van der Waals surface area contributed by atoms with Crippen LogP contribution in [-0.4, -0.2) is 32.2 Å². The molecule has 1 amide bonds. The van der Waals surface area contributed by atoms with Crippen molar-refractivity contribution in [2.75, 3.05) is 36.5 Å². The van der Waals surface area contributed by atoms with Gasteiger partial charge < -0.3 is 15.0 Å². The number of hydrogen-bond donors (Lipinski definition) is 1. The van der Waals surface area contributed by atoms with Gasteiger partial charge in [0.2, 0.25) is 0 Å². The van der Waals surface area contributed by atoms with E-state index in [1.807, 2.05) is 25.1 Å². The van der Waals surface area contributed by atoms with Crippen molar-refractivity contribution < 1.29 is 9.53 Å². The fourth-order valence-corrected chi connectivity index (χ4v) is 3.21. The predicted molar refractivity (Wildman–Crippen MR) is 113 cm³/mol. The highest BCUT2D eigenvalue weighted by Gasteiger charge is 2.14. The average Bonchev–Trinajstić information content (AvgIpc) is 2.70. The summed E-state index contributed by atoms with van der Waals surface area (Å²) in [6.45, 7) is 5.10. The van der Waals surface area contributed by atoms with Gasteiger partial charge in [0.05, 0.1) is 23.3 Å². The molecule has 0 radical (unpaired) electrons. The summed E-state index contributed by atoms with van der Waals surface area (Å²) in [4.78, 5) is 14.7. The van der Waals surface area contributed by atoms with Gasteiger partial charge in [0.15, 0.2) is 0 Å². The minimum atomic E-state index is -0.502. The summed E-state index contributed by atoms with van der Waals surface area (Å²) in [6, 6.07) is 12.7. The maximum atomic E-state index is 12.5. The molecule has 0 saturated carbocycles. The minimum Gasteiger partial charge on any atom is -0.378 e. The standard InChI is InChI=1S/C21H19Cl2N3O2/c1-14-10-18(26-6-8-28-9-7-26)4-2-15(14)11-16(13-24)21(27)25-17-3-5-19(22)20(23)12-17/h2-5,10-12H,6-9H2,1H3,(H,25,27)/b16-11-. The van der Waals surface area contributed by atoms with Gasteiger partial charge in [0.25, 0.3) is 5.91 Å². The van der Waals surface area contributed by atoms with Crippen molar-refractivity contribution in [3.63, 3.8) is 0 Å². The molecule has 0 unspecified atom stereocenters. The molecule has 5 nitrogen and oxygen atoms in total. The lowest BCUT2D eigenvalue weighted by molar-refractivity contribution is -0.112. The van der Waals surface area contributed by atoms with Crippen LogP contribution in [0, 0.1) is 18.3 Å². The molecule has 0 spiro atoms. The fraction of sp³-hybridized carbons (Fsp3) is 0.238. The summed E-state index contributed by atoms with van der Waals surface area (Å²) >= 11 is 11.8. The van der Waals surface area contributed by atoms with E-state index in [9.17, 15) is 10.1 Å². The second kappa shape index (κ2) is 9.11. The van der Waals surface area contributed by atoms with Crippen molar-refractivity contribution in [1.82, 2.24) is 0 Å². The summed E-state index contributed by atoms with van der Waals surface area (Å²) < 4.78 is 5.38. The van der Waals surface area contributed by atoms with E-state index >= 15 is 0 Å². The summed E-state index contributed by atoms with van der Waals surface area (Å²) in [5.41, 5.74) is 3.39. The normalized spacial score (nSPS) is 14.5. The first-order valence-corrected chi connectivity index (χ1v) is 9.55. The molecule has 144 valence electrons. The van der Waals surface area contributed by atoms with Gasteiger partial charge in [0.1, 0.15) is 11.6 Å². The number of nitriles is 1. The lowest BCUT2D eigenvalue weighted by Crippen LogP contribution is -2.36. The van der Waals surface area contributed by atoms with E-state index in [2.05, 4.69) is 16.3 Å². The Balaban J connectivity index is 1.78. The lowest BCUT2D eigenvalue weighted by Gasteiger charge is -2.29. The van der Waals surface area contributed by atoms with E-state index in [-0.39, 0.29) is 5.57 Å². The van der Waals surface area contributed by atoms with Crippen LogP contribution < -0.4 is 10.2 Å². The number of carbonyl (C=O) groups excluding carboxylic acids is 1. The number of anilines is 2. The van der Waals surface area contributed by atoms with Gasteiger partial charge in [-0.1, -0.05) is 29.3 Å². The SMILES string of the molecule is Cc1cc(N2CCOCC2)ccc1/C=C(/C#N)C(=O)Nc1ccc(Cl)c(Cl)c1. The van der Waals surface area contributed by atoms with Gasteiger partial charge >= 0.3 is 0 Å². The van der Waals surface area contributed by atoms with Gasteiger partial charge in [-0.05, 0) is 54.5 Å². The molecule has 7 heteroatoms. The number of amides is 1. The average molecular weight is 416 g/mol. The van der Waals surface area contributed by atoms with Crippen LogP contribution in [0.5, 0.6) is 0 Å². The van der Waals surface area contributed by atoms with Crippen molar-refractivity contribution in [2.24, 2.45) is 0 Å². The van der Waals surface area contributed by atoms with Crippen LogP contribution in [0.15, 0.2) is 42.0 Å². The monoisotopic (exact) mass is 415 g/mol. The Morgan fingerprint density at radius 3 is 2.57 bits per heavy atom. The third kappa shape index (κ3) is 4.85. The molecule has 1 heterocycles. The second-order valence-electron chi connectivity index (χ2n) is 6.39. The summed E-state index contributed by atoms with van der Waals surface area (Å²) in [5, 5.41) is 12.8. The molecule has 0 atom stereocenters. The molecule has 1 fully saturated rings. The van der Waals surface area contributed by atoms with Gasteiger partial charge in [-0.15, -0.1) is 0 Å². The van der Waals surface area contributed by atoms with Crippen LogP contribution in [-0.2, 0) is 9.53 Å². The third-order valence-corrected chi connectivity index (χ3v) is 5.21. The van der Waals surface area contributed by atoms with E-state index in [1.54, 1.807) is 24.3 Å². The van der Waals surface area contributed by atoms with Crippen molar-refractivity contribution >= 4 is 46.6 Å². The Morgan fingerprint density at radius 1 is 1.18 bits per heavy atom. The first-order valence-electron chi connectivity index (χ1n) is 8.79. The highest BCUT2D eigenvalue weighted by Crippen LogP contribution is 2.26. The summed E-state index contributed by atoms with van der Waals surface area (Å²) in [6.07, 6.45) is 1.59. The molecule has 2 aromatic rings. The van der Waals surface area contributed by atoms with Gasteiger partial charge in [-0.3, -0.25) is 4.79 Å². The first kappa shape index (κ1) is 20.2. The zero-order valence-corrected chi connectivity index (χ0v) is 16.8. The van der Waals surface area contributed by atoms with Crippen molar-refractivity contribution in [1.29, 1.82) is 5.26 Å². The van der Waals surface area contributed by atoms with E-state index < -0.39 is 5.91 Å². The first-order chi connectivity index (χ1) is 13.5. The molecule has 1 aliphatic rings. The molecule has 3 rings (SSSR count). The molecule has 0 aliphatic carbocycles. The van der Waals surface area contributed by atoms with E-state index in [4.69, 9.17) is 27.9 Å². The van der Waals surface area contributed by atoms with Gasteiger partial charge in [0, 0.05) is 24.5 Å². The Bertz CT molecular complexity index is 961. The molecule has 0 aromatic heterocycles. The molecule has 1 aliphatic heterocycles. The molecular formula is C21H19Cl2N3O2. The third-order valence-electron chi connectivity index (χ3n) is 4.47.